The lowest BCUT2D eigenvalue weighted by molar-refractivity contribution is -0.147. The van der Waals surface area contributed by atoms with Gasteiger partial charge in [-0.3, -0.25) is 4.79 Å². The van der Waals surface area contributed by atoms with E-state index in [1.165, 1.54) is 0 Å². The van der Waals surface area contributed by atoms with E-state index in [0.29, 0.717) is 18.1 Å². The minimum absolute atomic E-state index is 0.142. The first-order valence-electron chi connectivity index (χ1n) is 8.96. The molecule has 27 heavy (non-hydrogen) atoms. The van der Waals surface area contributed by atoms with Gasteiger partial charge in [0.2, 0.25) is 0 Å². The minimum atomic E-state index is -0.468. The van der Waals surface area contributed by atoms with Gasteiger partial charge in [-0.05, 0) is 23.3 Å². The zero-order chi connectivity index (χ0) is 18.5. The van der Waals surface area contributed by atoms with Crippen molar-refractivity contribution >= 4 is 5.97 Å². The minimum Gasteiger partial charge on any atom is -0.486 e. The summed E-state index contributed by atoms with van der Waals surface area (Å²) in [6.07, 6.45) is -0.323. The topological polar surface area (TPSA) is 44.8 Å². The van der Waals surface area contributed by atoms with Gasteiger partial charge < -0.3 is 14.2 Å². The van der Waals surface area contributed by atoms with Gasteiger partial charge in [-0.25, -0.2) is 0 Å². The van der Waals surface area contributed by atoms with Crippen molar-refractivity contribution in [1.29, 1.82) is 0 Å². The van der Waals surface area contributed by atoms with E-state index in [-0.39, 0.29) is 18.7 Å². The monoisotopic (exact) mass is 360 g/mol. The molecule has 0 unspecified atom stereocenters. The largest absolute Gasteiger partial charge is 0.486 e. The molecule has 4 rings (SSSR count). The highest BCUT2D eigenvalue weighted by Gasteiger charge is 2.27. The number of para-hydroxylation sites is 2. The first-order chi connectivity index (χ1) is 13.3. The molecule has 1 aliphatic heterocycles. The second-order valence-corrected chi connectivity index (χ2v) is 6.38. The Hall–Kier alpha value is -3.27. The van der Waals surface area contributed by atoms with Crippen molar-refractivity contribution in [1.82, 2.24) is 0 Å². The Labute approximate surface area is 158 Å². The van der Waals surface area contributed by atoms with Crippen molar-refractivity contribution in [3.8, 4) is 11.5 Å². The number of hydrogen-bond acceptors (Lipinski definition) is 4. The van der Waals surface area contributed by atoms with Crippen LogP contribution in [0.2, 0.25) is 0 Å². The van der Waals surface area contributed by atoms with Gasteiger partial charge in [-0.15, -0.1) is 0 Å². The van der Waals surface area contributed by atoms with Gasteiger partial charge in [0.05, 0.1) is 0 Å². The molecule has 3 aromatic carbocycles. The molecule has 0 spiro atoms. The Kier molecular flexibility index (Phi) is 5.06. The summed E-state index contributed by atoms with van der Waals surface area (Å²) in [5, 5.41) is 0. The predicted molar refractivity (Wildman–Crippen MR) is 102 cm³/mol. The van der Waals surface area contributed by atoms with Gasteiger partial charge >= 0.3 is 5.97 Å². The maximum absolute atomic E-state index is 12.9. The summed E-state index contributed by atoms with van der Waals surface area (Å²) in [4.78, 5) is 12.9. The second kappa shape index (κ2) is 7.96. The molecule has 0 saturated carbocycles. The predicted octanol–water partition coefficient (Wildman–Crippen LogP) is 4.20. The lowest BCUT2D eigenvalue weighted by atomic mass is 9.91. The van der Waals surface area contributed by atoms with Gasteiger partial charge in [0.25, 0.3) is 0 Å². The van der Waals surface area contributed by atoms with E-state index in [9.17, 15) is 4.79 Å². The van der Waals surface area contributed by atoms with Crippen LogP contribution in [0, 0.1) is 0 Å². The molecule has 0 amide bonds. The summed E-state index contributed by atoms with van der Waals surface area (Å²) in [5.74, 6) is 0.623. The van der Waals surface area contributed by atoms with Crippen LogP contribution in [0.25, 0.3) is 0 Å². The van der Waals surface area contributed by atoms with Crippen LogP contribution in [0.15, 0.2) is 84.9 Å². The molecule has 1 atom stereocenters. The average molecular weight is 360 g/mol. The Balaban J connectivity index is 1.47. The number of carbonyl (C=O) groups is 1. The summed E-state index contributed by atoms with van der Waals surface area (Å²) in [6.45, 7) is 0.495. The molecule has 0 aliphatic carbocycles. The van der Waals surface area contributed by atoms with Crippen LogP contribution >= 0.6 is 0 Å². The molecule has 1 aliphatic rings. The number of carbonyl (C=O) groups excluding carboxylic acids is 1. The van der Waals surface area contributed by atoms with E-state index in [2.05, 4.69) is 0 Å². The first kappa shape index (κ1) is 17.2. The molecule has 0 radical (unpaired) electrons. The lowest BCUT2D eigenvalue weighted by Gasteiger charge is -2.26. The SMILES string of the molecule is O=C(OC[C@@H]1COc2ccccc2O1)C(c1ccccc1)c1ccccc1. The van der Waals surface area contributed by atoms with Crippen LogP contribution < -0.4 is 9.47 Å². The molecule has 0 aromatic heterocycles. The lowest BCUT2D eigenvalue weighted by Crippen LogP contribution is -2.35. The normalized spacial score (nSPS) is 15.4. The van der Waals surface area contributed by atoms with Crippen LogP contribution in [-0.4, -0.2) is 25.3 Å². The smallest absolute Gasteiger partial charge is 0.318 e. The fourth-order valence-electron chi connectivity index (χ4n) is 3.16. The number of benzene rings is 3. The van der Waals surface area contributed by atoms with Crippen LogP contribution in [-0.2, 0) is 9.53 Å². The summed E-state index contributed by atoms with van der Waals surface area (Å²) >= 11 is 0. The van der Waals surface area contributed by atoms with Crippen LogP contribution in [0.3, 0.4) is 0 Å². The van der Waals surface area contributed by atoms with Crippen LogP contribution in [0.4, 0.5) is 0 Å². The summed E-state index contributed by atoms with van der Waals surface area (Å²) in [6, 6.07) is 26.8. The number of ether oxygens (including phenoxy) is 3. The maximum Gasteiger partial charge on any atom is 0.318 e. The van der Waals surface area contributed by atoms with E-state index >= 15 is 0 Å². The molecule has 3 aromatic rings. The van der Waals surface area contributed by atoms with Crippen molar-refractivity contribution in [3.63, 3.8) is 0 Å². The van der Waals surface area contributed by atoms with Gasteiger partial charge in [-0.1, -0.05) is 72.8 Å². The molecule has 0 bridgehead atoms. The first-order valence-corrected chi connectivity index (χ1v) is 8.96. The number of rotatable bonds is 5. The van der Waals surface area contributed by atoms with E-state index in [1.807, 2.05) is 84.9 Å². The molecule has 4 nitrogen and oxygen atoms in total. The van der Waals surface area contributed by atoms with E-state index < -0.39 is 5.92 Å². The quantitative estimate of drug-likeness (QED) is 0.640. The molecule has 1 heterocycles. The molecule has 0 fully saturated rings. The Bertz CT molecular complexity index is 853. The molecule has 0 saturated heterocycles. The Morgan fingerprint density at radius 1 is 0.852 bits per heavy atom. The Morgan fingerprint density at radius 2 is 1.41 bits per heavy atom. The molecule has 4 heteroatoms. The molecule has 0 N–H and O–H groups in total. The highest BCUT2D eigenvalue weighted by Crippen LogP contribution is 2.31. The van der Waals surface area contributed by atoms with Crippen molar-refractivity contribution in [2.45, 2.75) is 12.0 Å². The average Bonchev–Trinajstić information content (AvgIpc) is 2.74. The van der Waals surface area contributed by atoms with Crippen LogP contribution in [0.1, 0.15) is 17.0 Å². The second-order valence-electron chi connectivity index (χ2n) is 6.38. The van der Waals surface area contributed by atoms with E-state index in [0.717, 1.165) is 11.1 Å². The summed E-state index contributed by atoms with van der Waals surface area (Å²) < 4.78 is 17.2. The third-order valence-corrected chi connectivity index (χ3v) is 4.48. The van der Waals surface area contributed by atoms with Gasteiger partial charge in [0.1, 0.15) is 19.1 Å². The van der Waals surface area contributed by atoms with E-state index in [1.54, 1.807) is 0 Å². The fourth-order valence-corrected chi connectivity index (χ4v) is 3.16. The number of esters is 1. The zero-order valence-electron chi connectivity index (χ0n) is 14.8. The highest BCUT2D eigenvalue weighted by molar-refractivity contribution is 5.82. The van der Waals surface area contributed by atoms with Crippen molar-refractivity contribution in [3.05, 3.63) is 96.1 Å². The van der Waals surface area contributed by atoms with Gasteiger partial charge in [-0.2, -0.15) is 0 Å². The van der Waals surface area contributed by atoms with Crippen molar-refractivity contribution in [2.75, 3.05) is 13.2 Å². The molecule has 136 valence electrons. The molecular weight excluding hydrogens is 340 g/mol. The van der Waals surface area contributed by atoms with Crippen LogP contribution in [0.5, 0.6) is 11.5 Å². The Morgan fingerprint density at radius 3 is 2.04 bits per heavy atom. The van der Waals surface area contributed by atoms with Gasteiger partial charge in [0, 0.05) is 0 Å². The van der Waals surface area contributed by atoms with E-state index in [4.69, 9.17) is 14.2 Å². The summed E-state index contributed by atoms with van der Waals surface area (Å²) in [5.41, 5.74) is 1.81. The van der Waals surface area contributed by atoms with Crippen molar-refractivity contribution in [2.24, 2.45) is 0 Å². The summed E-state index contributed by atoms with van der Waals surface area (Å²) in [7, 11) is 0. The van der Waals surface area contributed by atoms with Gasteiger partial charge in [0.15, 0.2) is 17.6 Å². The van der Waals surface area contributed by atoms with Crippen molar-refractivity contribution < 1.29 is 19.0 Å². The fraction of sp³-hybridized carbons (Fsp3) is 0.174. The standard InChI is InChI=1S/C23H20O4/c24-23(26-16-19-15-25-20-13-7-8-14-21(20)27-19)22(17-9-3-1-4-10-17)18-11-5-2-6-12-18/h1-14,19,22H,15-16H2/t19-/m0/s1. The number of fused-ring (bicyclic) bond motifs is 1. The third kappa shape index (κ3) is 3.95. The maximum atomic E-state index is 12.9. The highest BCUT2D eigenvalue weighted by atomic mass is 16.6. The zero-order valence-corrected chi connectivity index (χ0v) is 14.8. The molecular formula is C23H20O4. The third-order valence-electron chi connectivity index (χ3n) is 4.48. The number of hydrogen-bond donors (Lipinski definition) is 0.